The molecule has 1 aliphatic heterocycles. The summed E-state index contributed by atoms with van der Waals surface area (Å²) in [7, 11) is 1.31. The summed E-state index contributed by atoms with van der Waals surface area (Å²) in [5, 5.41) is 0.602. The molecule has 3 rings (SSSR count). The number of rotatable bonds is 7. The maximum absolute atomic E-state index is 13.4. The van der Waals surface area contributed by atoms with Crippen molar-refractivity contribution in [2.45, 2.75) is 44.5 Å². The van der Waals surface area contributed by atoms with Gasteiger partial charge < -0.3 is 14.2 Å². The van der Waals surface area contributed by atoms with Crippen LogP contribution in [0.2, 0.25) is 15.1 Å². The summed E-state index contributed by atoms with van der Waals surface area (Å²) in [6.07, 6.45) is 0.194. The number of halogens is 3. The maximum Gasteiger partial charge on any atom is 0.328 e. The Balaban J connectivity index is 1.95. The summed E-state index contributed by atoms with van der Waals surface area (Å²) in [4.78, 5) is 27.2. The number of nitrogens with zero attached hydrogens (tertiary/aromatic N) is 1. The molecule has 2 aromatic carbocycles. The van der Waals surface area contributed by atoms with Crippen molar-refractivity contribution >= 4 is 46.7 Å². The molecule has 172 valence electrons. The molecule has 1 aliphatic rings. The molecule has 2 aromatic rings. The molecule has 9 heteroatoms. The Morgan fingerprint density at radius 1 is 1.12 bits per heavy atom. The monoisotopic (exact) mass is 499 g/mol. The Kier molecular flexibility index (Phi) is 8.06. The maximum atomic E-state index is 13.4. The van der Waals surface area contributed by atoms with E-state index in [0.29, 0.717) is 6.61 Å². The van der Waals surface area contributed by atoms with E-state index in [4.69, 9.17) is 49.0 Å². The first kappa shape index (κ1) is 24.8. The number of carbonyl (C=O) groups is 2. The van der Waals surface area contributed by atoms with Gasteiger partial charge in [-0.1, -0.05) is 65.1 Å². The molecule has 1 saturated heterocycles. The molecule has 0 saturated carbocycles. The van der Waals surface area contributed by atoms with Crippen molar-refractivity contribution < 1.29 is 23.8 Å². The number of hydrogen-bond acceptors (Lipinski definition) is 6. The van der Waals surface area contributed by atoms with E-state index in [-0.39, 0.29) is 39.7 Å². The lowest BCUT2D eigenvalue weighted by Crippen LogP contribution is -2.52. The van der Waals surface area contributed by atoms with Gasteiger partial charge in [-0.05, 0) is 31.9 Å². The van der Waals surface area contributed by atoms with E-state index in [9.17, 15) is 9.59 Å². The first-order valence-electron chi connectivity index (χ1n) is 10.0. The summed E-state index contributed by atoms with van der Waals surface area (Å²) >= 11 is 18.3. The average molecular weight is 501 g/mol. The van der Waals surface area contributed by atoms with Gasteiger partial charge in [-0.15, -0.1) is 0 Å². The van der Waals surface area contributed by atoms with Crippen molar-refractivity contribution in [3.8, 4) is 5.75 Å². The Labute approximate surface area is 202 Å². The predicted molar refractivity (Wildman–Crippen MR) is 123 cm³/mol. The summed E-state index contributed by atoms with van der Waals surface area (Å²) in [5.74, 6) is -0.929. The lowest BCUT2D eigenvalue weighted by atomic mass is 10.00. The van der Waals surface area contributed by atoms with Crippen LogP contribution in [0.3, 0.4) is 0 Å². The highest BCUT2D eigenvalue weighted by atomic mass is 35.5. The van der Waals surface area contributed by atoms with Gasteiger partial charge in [0.2, 0.25) is 0 Å². The molecule has 6 nitrogen and oxygen atoms in total. The molecule has 0 aliphatic carbocycles. The molecule has 0 unspecified atom stereocenters. The number of carbonyl (C=O) groups excluding carboxylic acids is 2. The highest BCUT2D eigenvalue weighted by Crippen LogP contribution is 2.41. The minimum atomic E-state index is -0.817. The van der Waals surface area contributed by atoms with Gasteiger partial charge in [0.05, 0.1) is 34.8 Å². The first-order valence-corrected chi connectivity index (χ1v) is 11.2. The molecular weight excluding hydrogens is 477 g/mol. The van der Waals surface area contributed by atoms with E-state index < -0.39 is 23.7 Å². The normalized spacial score (nSPS) is 18.9. The SMILES string of the molecule is COC(=O)CC[C@@H](C(=O)Oc1cc(Cl)c(Cl)cc1Cl)N1[C@H](c2ccccc2)COC1(C)C. The molecule has 0 spiro atoms. The number of esters is 2. The van der Waals surface area contributed by atoms with Gasteiger partial charge in [-0.3, -0.25) is 9.69 Å². The van der Waals surface area contributed by atoms with Crippen LogP contribution >= 0.6 is 34.8 Å². The van der Waals surface area contributed by atoms with Crippen molar-refractivity contribution in [3.05, 3.63) is 63.1 Å². The molecule has 1 fully saturated rings. The standard InChI is InChI=1S/C23H24Cl3NO5/c1-23(2)27(19(13-31-23)14-7-5-4-6-8-14)18(9-10-21(28)30-3)22(29)32-20-12-16(25)15(24)11-17(20)26/h4-8,11-12,18-19H,9-10,13H2,1-3H3/t18-,19-/m0/s1. The fourth-order valence-electron chi connectivity index (χ4n) is 3.82. The van der Waals surface area contributed by atoms with Crippen LogP contribution in [0.5, 0.6) is 5.75 Å². The Morgan fingerprint density at radius 3 is 2.44 bits per heavy atom. The molecule has 1 heterocycles. The molecule has 32 heavy (non-hydrogen) atoms. The van der Waals surface area contributed by atoms with Crippen LogP contribution in [0, 0.1) is 0 Å². The van der Waals surface area contributed by atoms with Crippen LogP contribution in [0.15, 0.2) is 42.5 Å². The molecule has 2 atom stereocenters. The zero-order valence-electron chi connectivity index (χ0n) is 17.9. The van der Waals surface area contributed by atoms with Crippen molar-refractivity contribution in [2.24, 2.45) is 0 Å². The number of methoxy groups -OCH3 is 1. The second-order valence-corrected chi connectivity index (χ2v) is 9.06. The Morgan fingerprint density at radius 2 is 1.78 bits per heavy atom. The number of benzene rings is 2. The summed E-state index contributed by atoms with van der Waals surface area (Å²) in [5.41, 5.74) is 0.198. The van der Waals surface area contributed by atoms with E-state index in [1.54, 1.807) is 0 Å². The summed E-state index contributed by atoms with van der Waals surface area (Å²) in [6.45, 7) is 4.13. The van der Waals surface area contributed by atoms with Crippen molar-refractivity contribution in [1.82, 2.24) is 4.90 Å². The van der Waals surface area contributed by atoms with Gasteiger partial charge in [0, 0.05) is 12.5 Å². The molecule has 0 bridgehead atoms. The highest BCUT2D eigenvalue weighted by Gasteiger charge is 2.48. The fraction of sp³-hybridized carbons (Fsp3) is 0.391. The molecule has 0 radical (unpaired) electrons. The van der Waals surface area contributed by atoms with Crippen LogP contribution in [0.1, 0.15) is 38.3 Å². The zero-order chi connectivity index (χ0) is 23.5. The van der Waals surface area contributed by atoms with Crippen molar-refractivity contribution in [2.75, 3.05) is 13.7 Å². The van der Waals surface area contributed by atoms with E-state index in [1.165, 1.54) is 19.2 Å². The highest BCUT2D eigenvalue weighted by molar-refractivity contribution is 6.43. The van der Waals surface area contributed by atoms with Gasteiger partial charge in [0.1, 0.15) is 11.8 Å². The molecule has 0 amide bonds. The first-order chi connectivity index (χ1) is 15.1. The van der Waals surface area contributed by atoms with Crippen LogP contribution in [0.25, 0.3) is 0 Å². The lowest BCUT2D eigenvalue weighted by Gasteiger charge is -2.38. The van der Waals surface area contributed by atoms with Crippen LogP contribution in [0.4, 0.5) is 0 Å². The van der Waals surface area contributed by atoms with Gasteiger partial charge in [0.25, 0.3) is 0 Å². The Bertz CT molecular complexity index is 983. The minimum Gasteiger partial charge on any atom is -0.469 e. The van der Waals surface area contributed by atoms with Crippen LogP contribution < -0.4 is 4.74 Å². The third kappa shape index (κ3) is 5.56. The average Bonchev–Trinajstić information content (AvgIpc) is 3.07. The number of ether oxygens (including phenoxy) is 3. The Hall–Kier alpha value is -1.83. The topological polar surface area (TPSA) is 65.1 Å². The summed E-state index contributed by atoms with van der Waals surface area (Å²) < 4.78 is 16.4. The fourth-order valence-corrected chi connectivity index (χ4v) is 4.40. The quantitative estimate of drug-likeness (QED) is 0.277. The van der Waals surface area contributed by atoms with Gasteiger partial charge in [0.15, 0.2) is 5.75 Å². The molecular formula is C23H24Cl3NO5. The van der Waals surface area contributed by atoms with Gasteiger partial charge >= 0.3 is 11.9 Å². The van der Waals surface area contributed by atoms with E-state index in [0.717, 1.165) is 5.56 Å². The van der Waals surface area contributed by atoms with E-state index in [2.05, 4.69) is 0 Å². The smallest absolute Gasteiger partial charge is 0.328 e. The minimum absolute atomic E-state index is 0.0272. The van der Waals surface area contributed by atoms with Crippen molar-refractivity contribution in [1.29, 1.82) is 0 Å². The third-order valence-corrected chi connectivity index (χ3v) is 6.40. The zero-order valence-corrected chi connectivity index (χ0v) is 20.2. The summed E-state index contributed by atoms with van der Waals surface area (Å²) in [6, 6.07) is 11.5. The van der Waals surface area contributed by atoms with Crippen molar-refractivity contribution in [3.63, 3.8) is 0 Å². The van der Waals surface area contributed by atoms with E-state index >= 15 is 0 Å². The third-order valence-electron chi connectivity index (χ3n) is 5.38. The largest absolute Gasteiger partial charge is 0.469 e. The van der Waals surface area contributed by atoms with Crippen LogP contribution in [-0.2, 0) is 19.1 Å². The lowest BCUT2D eigenvalue weighted by molar-refractivity contribution is -0.151. The van der Waals surface area contributed by atoms with Gasteiger partial charge in [-0.25, -0.2) is 4.79 Å². The van der Waals surface area contributed by atoms with E-state index in [1.807, 2.05) is 49.1 Å². The predicted octanol–water partition coefficient (Wildman–Crippen LogP) is 5.68. The second kappa shape index (κ2) is 10.4. The molecule has 0 aromatic heterocycles. The van der Waals surface area contributed by atoms with Crippen LogP contribution in [-0.4, -0.2) is 42.3 Å². The van der Waals surface area contributed by atoms with Gasteiger partial charge in [-0.2, -0.15) is 0 Å². The second-order valence-electron chi connectivity index (χ2n) is 7.84. The number of hydrogen-bond donors (Lipinski definition) is 0. The molecule has 0 N–H and O–H groups in total.